The largest absolute Gasteiger partial charge is 0.458 e. The van der Waals surface area contributed by atoms with Gasteiger partial charge in [0.2, 0.25) is 12.3 Å². The molecule has 0 saturated heterocycles. The van der Waals surface area contributed by atoms with E-state index in [0.29, 0.717) is 19.3 Å². The van der Waals surface area contributed by atoms with Crippen LogP contribution in [0.1, 0.15) is 47.5 Å². The molecule has 2 N–H and O–H groups in total. The molecule has 0 heterocycles. The van der Waals surface area contributed by atoms with E-state index in [1.807, 2.05) is 20.1 Å². The van der Waals surface area contributed by atoms with Crippen molar-refractivity contribution < 1.29 is 19.1 Å². The number of hydrogen-bond donors (Lipinski definition) is 2. The summed E-state index contributed by atoms with van der Waals surface area (Å²) in [5.74, 6) is 0.147. The second-order valence-electron chi connectivity index (χ2n) is 6.84. The minimum absolute atomic E-state index is 0.219. The zero-order valence-corrected chi connectivity index (χ0v) is 15.8. The molecule has 2 amide bonds. The van der Waals surface area contributed by atoms with Crippen molar-refractivity contribution in [3.8, 4) is 0 Å². The van der Waals surface area contributed by atoms with Gasteiger partial charge in [-0.15, -0.1) is 0 Å². The molecule has 0 rings (SSSR count). The molecule has 23 heavy (non-hydrogen) atoms. The molecular weight excluding hydrogens is 316 g/mol. The Labute approximate surface area is 143 Å². The third-order valence-corrected chi connectivity index (χ3v) is 3.56. The maximum absolute atomic E-state index is 12.4. The summed E-state index contributed by atoms with van der Waals surface area (Å²) < 4.78 is 5.37. The fraction of sp³-hybridized carbons (Fsp3) is 0.812. The average Bonchev–Trinajstić information content (AvgIpc) is 2.40. The lowest BCUT2D eigenvalue weighted by molar-refractivity contribution is -0.159. The van der Waals surface area contributed by atoms with Gasteiger partial charge in [-0.2, -0.15) is 11.8 Å². The standard InChI is InChI=1S/C16H30N2O4S/c1-11(2)9-13(15(21)22-16(3,4)5)18-14(20)12(17-10-19)7-8-23-6/h10-13H,7-9H2,1-6H3,(H,17,19)(H,18,20)/t12-,13-/m0/s1. The van der Waals surface area contributed by atoms with Gasteiger partial charge in [-0.3, -0.25) is 9.59 Å². The van der Waals surface area contributed by atoms with Crippen molar-refractivity contribution in [2.24, 2.45) is 5.92 Å². The molecule has 0 aromatic carbocycles. The van der Waals surface area contributed by atoms with Crippen LogP contribution in [0.2, 0.25) is 0 Å². The average molecular weight is 346 g/mol. The number of esters is 1. The molecule has 2 atom stereocenters. The smallest absolute Gasteiger partial charge is 0.329 e. The van der Waals surface area contributed by atoms with Crippen LogP contribution in [0.25, 0.3) is 0 Å². The predicted molar refractivity (Wildman–Crippen MR) is 93.2 cm³/mol. The maximum atomic E-state index is 12.4. The van der Waals surface area contributed by atoms with Crippen LogP contribution in [0.3, 0.4) is 0 Å². The quantitative estimate of drug-likeness (QED) is 0.465. The molecule has 0 aliphatic rings. The van der Waals surface area contributed by atoms with E-state index in [0.717, 1.165) is 5.75 Å². The highest BCUT2D eigenvalue weighted by atomic mass is 32.2. The van der Waals surface area contributed by atoms with Gasteiger partial charge >= 0.3 is 5.97 Å². The highest BCUT2D eigenvalue weighted by Crippen LogP contribution is 2.13. The van der Waals surface area contributed by atoms with E-state index in [1.165, 1.54) is 0 Å². The van der Waals surface area contributed by atoms with E-state index in [2.05, 4.69) is 10.6 Å². The first-order valence-corrected chi connectivity index (χ1v) is 9.22. The lowest BCUT2D eigenvalue weighted by Gasteiger charge is -2.26. The molecule has 134 valence electrons. The number of carbonyl (C=O) groups is 3. The Bertz CT molecular complexity index is 394. The van der Waals surface area contributed by atoms with Gasteiger partial charge in [-0.1, -0.05) is 13.8 Å². The normalized spacial score (nSPS) is 14.0. The van der Waals surface area contributed by atoms with Crippen molar-refractivity contribution >= 4 is 30.0 Å². The van der Waals surface area contributed by atoms with Crippen LogP contribution >= 0.6 is 11.8 Å². The van der Waals surface area contributed by atoms with Gasteiger partial charge in [-0.05, 0) is 51.5 Å². The number of ether oxygens (including phenoxy) is 1. The fourth-order valence-electron chi connectivity index (χ4n) is 1.94. The lowest BCUT2D eigenvalue weighted by Crippen LogP contribution is -2.51. The Hall–Kier alpha value is -1.24. The summed E-state index contributed by atoms with van der Waals surface area (Å²) in [5, 5.41) is 5.23. The van der Waals surface area contributed by atoms with E-state index >= 15 is 0 Å². The predicted octanol–water partition coefficient (Wildman–Crippen LogP) is 1.73. The Morgan fingerprint density at radius 1 is 1.22 bits per heavy atom. The number of rotatable bonds is 10. The topological polar surface area (TPSA) is 84.5 Å². The molecule has 0 bridgehead atoms. The van der Waals surface area contributed by atoms with E-state index in [4.69, 9.17) is 4.74 Å². The Morgan fingerprint density at radius 2 is 1.83 bits per heavy atom. The van der Waals surface area contributed by atoms with Gasteiger partial charge in [0, 0.05) is 0 Å². The molecule has 0 aliphatic heterocycles. The van der Waals surface area contributed by atoms with Crippen LogP contribution in [0, 0.1) is 5.92 Å². The molecule has 0 unspecified atom stereocenters. The molecule has 7 heteroatoms. The Balaban J connectivity index is 4.93. The highest BCUT2D eigenvalue weighted by molar-refractivity contribution is 7.98. The zero-order chi connectivity index (χ0) is 18.0. The van der Waals surface area contributed by atoms with Crippen molar-refractivity contribution in [1.29, 1.82) is 0 Å². The summed E-state index contributed by atoms with van der Waals surface area (Å²) in [6, 6.07) is -1.36. The molecule has 0 spiro atoms. The van der Waals surface area contributed by atoms with Crippen LogP contribution in [0.5, 0.6) is 0 Å². The number of hydrogen-bond acceptors (Lipinski definition) is 5. The van der Waals surface area contributed by atoms with Crippen molar-refractivity contribution in [2.45, 2.75) is 65.1 Å². The van der Waals surface area contributed by atoms with Crippen LogP contribution in [-0.2, 0) is 19.1 Å². The number of nitrogens with one attached hydrogen (secondary N) is 2. The van der Waals surface area contributed by atoms with Crippen molar-refractivity contribution in [1.82, 2.24) is 10.6 Å². The van der Waals surface area contributed by atoms with Gasteiger partial charge in [0.1, 0.15) is 17.7 Å². The minimum Gasteiger partial charge on any atom is -0.458 e. The van der Waals surface area contributed by atoms with Gasteiger partial charge < -0.3 is 15.4 Å². The second kappa shape index (κ2) is 10.5. The highest BCUT2D eigenvalue weighted by Gasteiger charge is 2.29. The molecule has 6 nitrogen and oxygen atoms in total. The van der Waals surface area contributed by atoms with Crippen molar-refractivity contribution in [3.05, 3.63) is 0 Å². The third-order valence-electron chi connectivity index (χ3n) is 2.91. The maximum Gasteiger partial charge on any atom is 0.329 e. The zero-order valence-electron chi connectivity index (χ0n) is 15.0. The van der Waals surface area contributed by atoms with E-state index in [-0.39, 0.29) is 11.8 Å². The van der Waals surface area contributed by atoms with Crippen LogP contribution in [0.15, 0.2) is 0 Å². The van der Waals surface area contributed by atoms with Gasteiger partial charge in [-0.25, -0.2) is 4.79 Å². The molecule has 0 aliphatic carbocycles. The number of thioether (sulfide) groups is 1. The van der Waals surface area contributed by atoms with Gasteiger partial charge in [0.15, 0.2) is 0 Å². The molecule has 0 aromatic heterocycles. The molecule has 0 aromatic rings. The monoisotopic (exact) mass is 346 g/mol. The first-order valence-electron chi connectivity index (χ1n) is 7.82. The van der Waals surface area contributed by atoms with Crippen molar-refractivity contribution in [3.63, 3.8) is 0 Å². The van der Waals surface area contributed by atoms with E-state index in [1.54, 1.807) is 32.5 Å². The van der Waals surface area contributed by atoms with Crippen LogP contribution in [0.4, 0.5) is 0 Å². The van der Waals surface area contributed by atoms with Crippen LogP contribution in [-0.4, -0.2) is 48.0 Å². The summed E-state index contributed by atoms with van der Waals surface area (Å²) in [5.41, 5.74) is -0.615. The summed E-state index contributed by atoms with van der Waals surface area (Å²) >= 11 is 1.59. The van der Waals surface area contributed by atoms with Crippen LogP contribution < -0.4 is 10.6 Å². The Morgan fingerprint density at radius 3 is 2.26 bits per heavy atom. The minimum atomic E-state index is -0.716. The molecule has 0 radical (unpaired) electrons. The first kappa shape index (κ1) is 21.8. The summed E-state index contributed by atoms with van der Waals surface area (Å²) in [6.07, 6.45) is 3.43. The SMILES string of the molecule is CSCC[C@H](NC=O)C(=O)N[C@@H](CC(C)C)C(=O)OC(C)(C)C. The summed E-state index contributed by atoms with van der Waals surface area (Å²) in [6.45, 7) is 9.30. The second-order valence-corrected chi connectivity index (χ2v) is 7.83. The molecular formula is C16H30N2O4S. The summed E-state index contributed by atoms with van der Waals surface area (Å²) in [7, 11) is 0. The first-order chi connectivity index (χ1) is 10.6. The van der Waals surface area contributed by atoms with Gasteiger partial charge in [0.25, 0.3) is 0 Å². The Kier molecular flexibility index (Phi) is 9.95. The molecule has 0 fully saturated rings. The number of amides is 2. The summed E-state index contributed by atoms with van der Waals surface area (Å²) in [4.78, 5) is 35.3. The van der Waals surface area contributed by atoms with Crippen molar-refractivity contribution in [2.75, 3.05) is 12.0 Å². The third kappa shape index (κ3) is 10.2. The fourth-order valence-corrected chi connectivity index (χ4v) is 2.41. The number of carbonyl (C=O) groups excluding carboxylic acids is 3. The lowest BCUT2D eigenvalue weighted by atomic mass is 10.0. The molecule has 0 saturated carbocycles. The van der Waals surface area contributed by atoms with E-state index in [9.17, 15) is 14.4 Å². The van der Waals surface area contributed by atoms with E-state index < -0.39 is 23.7 Å². The van der Waals surface area contributed by atoms with Gasteiger partial charge in [0.05, 0.1) is 0 Å².